The highest BCUT2D eigenvalue weighted by Gasteiger charge is 2.03. The van der Waals surface area contributed by atoms with E-state index in [4.69, 9.17) is 11.1 Å². The Labute approximate surface area is 107 Å². The summed E-state index contributed by atoms with van der Waals surface area (Å²) >= 11 is 0. The molecule has 0 saturated heterocycles. The lowest BCUT2D eigenvalue weighted by molar-refractivity contribution is 0.917. The molecule has 0 spiro atoms. The minimum absolute atomic E-state index is 0.00716. The number of rotatable bonds is 4. The van der Waals surface area contributed by atoms with Gasteiger partial charge in [-0.3, -0.25) is 10.4 Å². The van der Waals surface area contributed by atoms with E-state index in [9.17, 15) is 0 Å². The Morgan fingerprint density at radius 2 is 1.94 bits per heavy atom. The molecule has 1 heterocycles. The molecule has 0 unspecified atom stereocenters. The maximum absolute atomic E-state index is 7.29. The van der Waals surface area contributed by atoms with Crippen LogP contribution in [0, 0.1) is 5.41 Å². The van der Waals surface area contributed by atoms with Gasteiger partial charge in [0.2, 0.25) is 0 Å². The van der Waals surface area contributed by atoms with Crippen LogP contribution in [0.3, 0.4) is 0 Å². The highest BCUT2D eigenvalue weighted by Crippen LogP contribution is 2.14. The number of benzene rings is 1. The zero-order valence-electron chi connectivity index (χ0n) is 10.3. The second-order valence-corrected chi connectivity index (χ2v) is 4.16. The molecule has 0 aliphatic rings. The Hall–Kier alpha value is -2.36. The van der Waals surface area contributed by atoms with E-state index in [0.29, 0.717) is 5.69 Å². The first-order valence-electron chi connectivity index (χ1n) is 5.72. The lowest BCUT2D eigenvalue weighted by atomic mass is 10.2. The molecule has 1 aromatic carbocycles. The summed E-state index contributed by atoms with van der Waals surface area (Å²) in [5.74, 6) is -0.00716. The predicted octanol–water partition coefficient (Wildman–Crippen LogP) is 2.00. The quantitative estimate of drug-likeness (QED) is 0.634. The van der Waals surface area contributed by atoms with Crippen LogP contribution in [0.4, 0.5) is 5.69 Å². The summed E-state index contributed by atoms with van der Waals surface area (Å²) in [7, 11) is 2.01. The number of anilines is 1. The highest BCUT2D eigenvalue weighted by molar-refractivity contribution is 5.93. The van der Waals surface area contributed by atoms with Crippen LogP contribution in [0.5, 0.6) is 0 Å². The van der Waals surface area contributed by atoms with Crippen LogP contribution in [-0.4, -0.2) is 17.9 Å². The van der Waals surface area contributed by atoms with E-state index in [-0.39, 0.29) is 5.84 Å². The second-order valence-electron chi connectivity index (χ2n) is 4.16. The van der Waals surface area contributed by atoms with E-state index in [1.165, 1.54) is 5.56 Å². The molecule has 0 fully saturated rings. The van der Waals surface area contributed by atoms with Crippen molar-refractivity contribution >= 4 is 11.5 Å². The maximum atomic E-state index is 7.29. The Bertz CT molecular complexity index is 519. The van der Waals surface area contributed by atoms with Gasteiger partial charge in [-0.05, 0) is 17.7 Å². The molecular formula is C14H16N4. The monoisotopic (exact) mass is 240 g/mol. The fraction of sp³-hybridized carbons (Fsp3) is 0.143. The molecule has 0 radical (unpaired) electrons. The van der Waals surface area contributed by atoms with Gasteiger partial charge < -0.3 is 10.6 Å². The van der Waals surface area contributed by atoms with Crippen molar-refractivity contribution in [3.05, 3.63) is 59.9 Å². The van der Waals surface area contributed by atoms with E-state index >= 15 is 0 Å². The molecule has 0 atom stereocenters. The minimum atomic E-state index is -0.00716. The first-order chi connectivity index (χ1) is 8.66. The molecule has 92 valence electrons. The summed E-state index contributed by atoms with van der Waals surface area (Å²) in [5, 5.41) is 7.29. The number of hydrogen-bond acceptors (Lipinski definition) is 3. The van der Waals surface area contributed by atoms with E-state index in [1.54, 1.807) is 12.3 Å². The fourth-order valence-corrected chi connectivity index (χ4v) is 1.72. The number of amidine groups is 1. The van der Waals surface area contributed by atoms with Crippen molar-refractivity contribution in [2.45, 2.75) is 6.54 Å². The van der Waals surface area contributed by atoms with Crippen molar-refractivity contribution in [3.63, 3.8) is 0 Å². The third-order valence-corrected chi connectivity index (χ3v) is 2.73. The summed E-state index contributed by atoms with van der Waals surface area (Å²) < 4.78 is 0. The maximum Gasteiger partial charge on any atom is 0.141 e. The largest absolute Gasteiger partial charge is 0.382 e. The Kier molecular flexibility index (Phi) is 3.57. The van der Waals surface area contributed by atoms with E-state index in [1.807, 2.05) is 31.3 Å². The smallest absolute Gasteiger partial charge is 0.141 e. The van der Waals surface area contributed by atoms with Crippen molar-refractivity contribution in [1.29, 1.82) is 5.41 Å². The number of aromatic nitrogens is 1. The topological polar surface area (TPSA) is 66.0 Å². The van der Waals surface area contributed by atoms with Gasteiger partial charge in [0.15, 0.2) is 0 Å². The second kappa shape index (κ2) is 5.31. The van der Waals surface area contributed by atoms with Gasteiger partial charge in [-0.1, -0.05) is 30.3 Å². The van der Waals surface area contributed by atoms with Gasteiger partial charge in [-0.2, -0.15) is 0 Å². The van der Waals surface area contributed by atoms with Crippen LogP contribution < -0.4 is 10.6 Å². The molecule has 0 saturated carbocycles. The molecule has 2 aromatic rings. The van der Waals surface area contributed by atoms with E-state index < -0.39 is 0 Å². The molecule has 0 aliphatic carbocycles. The van der Waals surface area contributed by atoms with E-state index in [0.717, 1.165) is 12.2 Å². The standard InChI is InChI=1S/C14H16N4/c1-18(10-11-5-3-2-4-6-11)12-7-8-13(14(15)16)17-9-12/h2-9H,10H2,1H3,(H3,15,16). The molecule has 0 aliphatic heterocycles. The van der Waals surface area contributed by atoms with Gasteiger partial charge in [0.05, 0.1) is 11.9 Å². The number of hydrogen-bond donors (Lipinski definition) is 2. The van der Waals surface area contributed by atoms with Gasteiger partial charge in [0.1, 0.15) is 11.5 Å². The average molecular weight is 240 g/mol. The number of nitrogen functional groups attached to an aromatic ring is 1. The van der Waals surface area contributed by atoms with Gasteiger partial charge in [0, 0.05) is 13.6 Å². The summed E-state index contributed by atoms with van der Waals surface area (Å²) in [6.45, 7) is 0.821. The first kappa shape index (κ1) is 12.1. The minimum Gasteiger partial charge on any atom is -0.382 e. The molecule has 4 nitrogen and oxygen atoms in total. The summed E-state index contributed by atoms with van der Waals surface area (Å²) in [6, 6.07) is 13.9. The van der Waals surface area contributed by atoms with Crippen molar-refractivity contribution in [2.24, 2.45) is 5.73 Å². The first-order valence-corrected chi connectivity index (χ1v) is 5.72. The summed E-state index contributed by atoms with van der Waals surface area (Å²) in [4.78, 5) is 6.25. The lowest BCUT2D eigenvalue weighted by Crippen LogP contribution is -2.18. The average Bonchev–Trinajstić information content (AvgIpc) is 2.40. The van der Waals surface area contributed by atoms with Crippen LogP contribution in [-0.2, 0) is 6.54 Å². The Morgan fingerprint density at radius 3 is 2.50 bits per heavy atom. The number of nitrogens with two attached hydrogens (primary N) is 1. The Morgan fingerprint density at radius 1 is 1.22 bits per heavy atom. The van der Waals surface area contributed by atoms with E-state index in [2.05, 4.69) is 22.0 Å². The number of nitrogens with one attached hydrogen (secondary N) is 1. The van der Waals surface area contributed by atoms with Crippen LogP contribution in [0.25, 0.3) is 0 Å². The van der Waals surface area contributed by atoms with Crippen molar-refractivity contribution < 1.29 is 0 Å². The van der Waals surface area contributed by atoms with Gasteiger partial charge in [0.25, 0.3) is 0 Å². The van der Waals surface area contributed by atoms with Crippen molar-refractivity contribution in [2.75, 3.05) is 11.9 Å². The Balaban J connectivity index is 2.09. The van der Waals surface area contributed by atoms with Crippen molar-refractivity contribution in [1.82, 2.24) is 4.98 Å². The van der Waals surface area contributed by atoms with Crippen LogP contribution in [0.1, 0.15) is 11.3 Å². The molecule has 3 N–H and O–H groups in total. The molecule has 0 amide bonds. The summed E-state index contributed by atoms with van der Waals surface area (Å²) in [6.07, 6.45) is 1.74. The molecule has 1 aromatic heterocycles. The van der Waals surface area contributed by atoms with Gasteiger partial charge in [-0.25, -0.2) is 0 Å². The van der Waals surface area contributed by atoms with Gasteiger partial charge in [-0.15, -0.1) is 0 Å². The third kappa shape index (κ3) is 2.85. The van der Waals surface area contributed by atoms with Crippen LogP contribution in [0.15, 0.2) is 48.7 Å². The number of pyridine rings is 1. The third-order valence-electron chi connectivity index (χ3n) is 2.73. The predicted molar refractivity (Wildman–Crippen MR) is 73.8 cm³/mol. The SMILES string of the molecule is CN(Cc1ccccc1)c1ccc(C(=N)N)nc1. The number of nitrogens with zero attached hydrogens (tertiary/aromatic N) is 2. The normalized spacial score (nSPS) is 10.1. The molecule has 18 heavy (non-hydrogen) atoms. The zero-order chi connectivity index (χ0) is 13.0. The lowest BCUT2D eigenvalue weighted by Gasteiger charge is -2.19. The molecule has 0 bridgehead atoms. The highest BCUT2D eigenvalue weighted by atomic mass is 15.1. The zero-order valence-corrected chi connectivity index (χ0v) is 10.3. The van der Waals surface area contributed by atoms with Crippen LogP contribution >= 0.6 is 0 Å². The molecular weight excluding hydrogens is 224 g/mol. The van der Waals surface area contributed by atoms with Gasteiger partial charge >= 0.3 is 0 Å². The molecule has 4 heteroatoms. The fourth-order valence-electron chi connectivity index (χ4n) is 1.72. The summed E-state index contributed by atoms with van der Waals surface area (Å²) in [5.41, 5.74) is 8.13. The molecule has 2 rings (SSSR count). The van der Waals surface area contributed by atoms with Crippen molar-refractivity contribution in [3.8, 4) is 0 Å². The van der Waals surface area contributed by atoms with Crippen LogP contribution in [0.2, 0.25) is 0 Å².